The predicted octanol–water partition coefficient (Wildman–Crippen LogP) is 4.65. The highest BCUT2D eigenvalue weighted by atomic mass is 16.3. The van der Waals surface area contributed by atoms with Gasteiger partial charge in [0.15, 0.2) is 0 Å². The van der Waals surface area contributed by atoms with Crippen molar-refractivity contribution in [3.05, 3.63) is 78.9 Å². The Morgan fingerprint density at radius 2 is 0.871 bits per heavy atom. The lowest BCUT2D eigenvalue weighted by atomic mass is 10.0. The molecule has 0 aliphatic heterocycles. The molecular weight excluding hydrogens is 400 g/mol. The zero-order valence-electron chi connectivity index (χ0n) is 16.1. The van der Waals surface area contributed by atoms with Gasteiger partial charge >= 0.3 is 0 Å². The first kappa shape index (κ1) is 21.2. The van der Waals surface area contributed by atoms with Crippen LogP contribution in [-0.2, 0) is 0 Å². The Balaban J connectivity index is 0.000000176. The Bertz CT molecular complexity index is 1220. The second kappa shape index (κ2) is 8.87. The maximum absolute atomic E-state index is 9.61. The van der Waals surface area contributed by atoms with E-state index in [0.29, 0.717) is 22.3 Å². The van der Waals surface area contributed by atoms with Crippen LogP contribution in [0.2, 0.25) is 0 Å². The summed E-state index contributed by atoms with van der Waals surface area (Å²) >= 11 is 0. The summed E-state index contributed by atoms with van der Waals surface area (Å²) in [7, 11) is 0. The second-order valence-electron chi connectivity index (χ2n) is 6.65. The minimum atomic E-state index is -0.166. The van der Waals surface area contributed by atoms with Crippen molar-refractivity contribution in [2.24, 2.45) is 0 Å². The van der Waals surface area contributed by atoms with Crippen LogP contribution in [0.15, 0.2) is 78.9 Å². The molecule has 0 bridgehead atoms. The fraction of sp³-hybridized carbons (Fsp3) is 0. The average Bonchev–Trinajstić information content (AvgIpc) is 2.72. The molecule has 0 aromatic heterocycles. The predicted molar refractivity (Wildman–Crippen MR) is 115 cm³/mol. The van der Waals surface area contributed by atoms with E-state index >= 15 is 0 Å². The maximum atomic E-state index is 9.61. The molecule has 7 heteroatoms. The number of benzene rings is 4. The van der Waals surface area contributed by atoms with Crippen LogP contribution < -0.4 is 0 Å². The molecule has 0 saturated carbocycles. The normalized spacial score (nSPS) is 10.2. The average molecular weight is 420 g/mol. The van der Waals surface area contributed by atoms with Gasteiger partial charge in [0, 0.05) is 22.8 Å². The summed E-state index contributed by atoms with van der Waals surface area (Å²) < 4.78 is 0. The number of hydrogen-bond acceptors (Lipinski definition) is 7. The number of phenols is 7. The molecule has 31 heavy (non-hydrogen) atoms. The molecule has 0 aliphatic rings. The van der Waals surface area contributed by atoms with E-state index in [1.54, 1.807) is 18.2 Å². The van der Waals surface area contributed by atoms with Crippen LogP contribution in [0, 0.1) is 0 Å². The van der Waals surface area contributed by atoms with E-state index in [2.05, 4.69) is 0 Å². The van der Waals surface area contributed by atoms with Crippen LogP contribution in [0.4, 0.5) is 0 Å². The summed E-state index contributed by atoms with van der Waals surface area (Å²) in [6, 6.07) is 18.8. The third-order valence-electron chi connectivity index (χ3n) is 4.39. The van der Waals surface area contributed by atoms with Gasteiger partial charge in [-0.25, -0.2) is 0 Å². The fourth-order valence-electron chi connectivity index (χ4n) is 2.92. The minimum Gasteiger partial charge on any atom is -0.508 e. The van der Waals surface area contributed by atoms with Crippen LogP contribution in [-0.4, -0.2) is 35.7 Å². The van der Waals surface area contributed by atoms with Gasteiger partial charge in [-0.05, 0) is 66.2 Å². The second-order valence-corrected chi connectivity index (χ2v) is 6.65. The lowest BCUT2D eigenvalue weighted by molar-refractivity contribution is 0.449. The topological polar surface area (TPSA) is 142 Å². The van der Waals surface area contributed by atoms with Gasteiger partial charge in [0.1, 0.15) is 40.2 Å². The highest BCUT2D eigenvalue weighted by molar-refractivity contribution is 5.77. The van der Waals surface area contributed by atoms with Gasteiger partial charge in [-0.3, -0.25) is 0 Å². The van der Waals surface area contributed by atoms with Gasteiger partial charge in [-0.1, -0.05) is 12.1 Å². The van der Waals surface area contributed by atoms with Crippen molar-refractivity contribution in [2.45, 2.75) is 0 Å². The van der Waals surface area contributed by atoms with Crippen molar-refractivity contribution in [2.75, 3.05) is 0 Å². The molecule has 0 spiro atoms. The molecule has 0 amide bonds. The maximum Gasteiger partial charge on any atom is 0.127 e. The Morgan fingerprint density at radius 1 is 0.355 bits per heavy atom. The van der Waals surface area contributed by atoms with E-state index in [0.717, 1.165) is 0 Å². The van der Waals surface area contributed by atoms with Crippen molar-refractivity contribution in [1.29, 1.82) is 0 Å². The molecule has 0 radical (unpaired) electrons. The summed E-state index contributed by atoms with van der Waals surface area (Å²) in [6.07, 6.45) is 0. The molecule has 0 unspecified atom stereocenters. The summed E-state index contributed by atoms with van der Waals surface area (Å²) in [5.74, 6) is -0.0411. The first-order chi connectivity index (χ1) is 14.7. The molecular formula is C24H20O7. The summed E-state index contributed by atoms with van der Waals surface area (Å²) in [5.41, 5.74) is 1.79. The van der Waals surface area contributed by atoms with Crippen molar-refractivity contribution in [3.63, 3.8) is 0 Å². The molecule has 158 valence electrons. The van der Waals surface area contributed by atoms with Gasteiger partial charge in [-0.15, -0.1) is 0 Å². The van der Waals surface area contributed by atoms with Crippen molar-refractivity contribution < 1.29 is 35.7 Å². The SMILES string of the molecule is Oc1ccc(-c2cc(O)ccc2O)c(O)c1.Oc1cccc(-c2cc(O)ccc2O)c1. The molecule has 0 fully saturated rings. The molecule has 0 atom stereocenters. The van der Waals surface area contributed by atoms with E-state index in [1.165, 1.54) is 60.7 Å². The highest BCUT2D eigenvalue weighted by Gasteiger charge is 2.10. The quantitative estimate of drug-likeness (QED) is 0.234. The third-order valence-corrected chi connectivity index (χ3v) is 4.39. The first-order valence-corrected chi connectivity index (χ1v) is 9.10. The minimum absolute atomic E-state index is 0.0136. The Morgan fingerprint density at radius 3 is 1.48 bits per heavy atom. The van der Waals surface area contributed by atoms with Crippen LogP contribution in [0.3, 0.4) is 0 Å². The van der Waals surface area contributed by atoms with E-state index in [9.17, 15) is 30.6 Å². The molecule has 0 aliphatic carbocycles. The van der Waals surface area contributed by atoms with E-state index in [4.69, 9.17) is 5.11 Å². The molecule has 7 N–H and O–H groups in total. The highest BCUT2D eigenvalue weighted by Crippen LogP contribution is 2.38. The monoisotopic (exact) mass is 420 g/mol. The number of rotatable bonds is 2. The number of phenolic OH excluding ortho intramolecular Hbond substituents is 7. The zero-order valence-corrected chi connectivity index (χ0v) is 16.1. The molecule has 7 nitrogen and oxygen atoms in total. The molecule has 4 aromatic rings. The largest absolute Gasteiger partial charge is 0.508 e. The van der Waals surface area contributed by atoms with E-state index in [1.807, 2.05) is 0 Å². The first-order valence-electron chi connectivity index (χ1n) is 9.10. The van der Waals surface area contributed by atoms with Crippen LogP contribution in [0.1, 0.15) is 0 Å². The fourth-order valence-corrected chi connectivity index (χ4v) is 2.92. The molecule has 0 saturated heterocycles. The van der Waals surface area contributed by atoms with Gasteiger partial charge < -0.3 is 35.7 Å². The molecule has 0 heterocycles. The van der Waals surface area contributed by atoms with Crippen molar-refractivity contribution >= 4 is 0 Å². The van der Waals surface area contributed by atoms with E-state index < -0.39 is 0 Å². The van der Waals surface area contributed by atoms with Gasteiger partial charge in [0.25, 0.3) is 0 Å². The van der Waals surface area contributed by atoms with Gasteiger partial charge in [-0.2, -0.15) is 0 Å². The van der Waals surface area contributed by atoms with Crippen LogP contribution in [0.5, 0.6) is 40.2 Å². The number of aromatic hydroxyl groups is 7. The zero-order chi connectivity index (χ0) is 22.5. The Kier molecular flexibility index (Phi) is 6.07. The molecule has 4 rings (SSSR count). The van der Waals surface area contributed by atoms with Gasteiger partial charge in [0.2, 0.25) is 0 Å². The third kappa shape index (κ3) is 5.10. The van der Waals surface area contributed by atoms with Crippen molar-refractivity contribution in [3.8, 4) is 62.5 Å². The smallest absolute Gasteiger partial charge is 0.127 e. The van der Waals surface area contributed by atoms with Crippen molar-refractivity contribution in [1.82, 2.24) is 0 Å². The Hall–Kier alpha value is -4.52. The van der Waals surface area contributed by atoms with Gasteiger partial charge in [0.05, 0.1) is 0 Å². The van der Waals surface area contributed by atoms with Crippen LogP contribution in [0.25, 0.3) is 22.3 Å². The lowest BCUT2D eigenvalue weighted by Gasteiger charge is -2.07. The summed E-state index contributed by atoms with van der Waals surface area (Å²) in [6.45, 7) is 0. The number of hydrogen-bond donors (Lipinski definition) is 7. The summed E-state index contributed by atoms with van der Waals surface area (Å²) in [5, 5.41) is 65.8. The Labute approximate surface area is 177 Å². The standard InChI is InChI=1S/C12H10O4.C12H10O3/c13-7-2-4-11(15)10(5-7)9-3-1-8(14)6-12(9)16;13-9-3-1-2-8(6-9)11-7-10(14)4-5-12(11)15/h1-6,13-16H;1-7,13-15H. The lowest BCUT2D eigenvalue weighted by Crippen LogP contribution is -1.80. The molecule has 4 aromatic carbocycles. The van der Waals surface area contributed by atoms with Crippen LogP contribution >= 0.6 is 0 Å². The van der Waals surface area contributed by atoms with E-state index in [-0.39, 0.29) is 40.2 Å². The summed E-state index contributed by atoms with van der Waals surface area (Å²) in [4.78, 5) is 0.